The van der Waals surface area contributed by atoms with E-state index >= 15 is 0 Å². The van der Waals surface area contributed by atoms with Crippen molar-refractivity contribution < 1.29 is 23.0 Å². The molecule has 9 heteroatoms. The summed E-state index contributed by atoms with van der Waals surface area (Å²) in [6.07, 6.45) is 1.51. The van der Waals surface area contributed by atoms with Gasteiger partial charge in [0.05, 0.1) is 30.9 Å². The third-order valence-electron chi connectivity index (χ3n) is 6.57. The number of nitrogens with one attached hydrogen (secondary N) is 2. The lowest BCUT2D eigenvalue weighted by Crippen LogP contribution is -2.36. The molecule has 1 aromatic heterocycles. The fourth-order valence-corrected chi connectivity index (χ4v) is 4.56. The summed E-state index contributed by atoms with van der Waals surface area (Å²) in [5, 5.41) is 6.35. The van der Waals surface area contributed by atoms with E-state index in [-0.39, 0.29) is 29.9 Å². The molecular weight excluding hydrogens is 430 g/mol. The zero-order valence-electron chi connectivity index (χ0n) is 18.8. The number of anilines is 1. The van der Waals surface area contributed by atoms with Crippen LogP contribution >= 0.6 is 0 Å². The van der Waals surface area contributed by atoms with Gasteiger partial charge in [-0.3, -0.25) is 4.79 Å². The Labute approximate surface area is 191 Å². The molecule has 3 aliphatic rings. The van der Waals surface area contributed by atoms with Crippen molar-refractivity contribution in [3.05, 3.63) is 52.0 Å². The van der Waals surface area contributed by atoms with Crippen LogP contribution in [-0.2, 0) is 39.6 Å². The number of hydrogen-bond donors (Lipinski definition) is 2. The SMILES string of the molecule is Cc1nc(CC(=O)NC2(C)CC2)c(C2OCCO2)c(NCc2cccc3c2CCC3(F)F)n1. The molecule has 2 aliphatic carbocycles. The number of alkyl halides is 2. The van der Waals surface area contributed by atoms with Crippen molar-refractivity contribution in [1.29, 1.82) is 0 Å². The van der Waals surface area contributed by atoms with Crippen molar-refractivity contribution in [1.82, 2.24) is 15.3 Å². The van der Waals surface area contributed by atoms with Crippen LogP contribution in [-0.4, -0.2) is 34.6 Å². The molecule has 176 valence electrons. The Morgan fingerprint density at radius 3 is 2.67 bits per heavy atom. The molecule has 0 bridgehead atoms. The molecule has 2 fully saturated rings. The highest BCUT2D eigenvalue weighted by atomic mass is 19.3. The van der Waals surface area contributed by atoms with E-state index in [0.717, 1.165) is 18.4 Å². The van der Waals surface area contributed by atoms with Gasteiger partial charge in [-0.25, -0.2) is 18.7 Å². The molecular formula is C24H28F2N4O3. The lowest BCUT2D eigenvalue weighted by atomic mass is 10.0. The van der Waals surface area contributed by atoms with Gasteiger partial charge in [0.1, 0.15) is 11.6 Å². The molecule has 2 N–H and O–H groups in total. The Balaban J connectivity index is 1.43. The quantitative estimate of drug-likeness (QED) is 0.658. The van der Waals surface area contributed by atoms with Crippen molar-refractivity contribution in [2.24, 2.45) is 0 Å². The summed E-state index contributed by atoms with van der Waals surface area (Å²) in [7, 11) is 0. The van der Waals surface area contributed by atoms with E-state index < -0.39 is 12.2 Å². The number of fused-ring (bicyclic) bond motifs is 1. The molecule has 0 atom stereocenters. The minimum absolute atomic E-state index is 0.0825. The van der Waals surface area contributed by atoms with Gasteiger partial charge in [-0.15, -0.1) is 0 Å². The highest BCUT2D eigenvalue weighted by Gasteiger charge is 2.40. The first-order valence-electron chi connectivity index (χ1n) is 11.4. The number of hydrogen-bond acceptors (Lipinski definition) is 6. The summed E-state index contributed by atoms with van der Waals surface area (Å²) in [4.78, 5) is 21.8. The number of carbonyl (C=O) groups excluding carboxylic acids is 1. The summed E-state index contributed by atoms with van der Waals surface area (Å²) < 4.78 is 39.8. The minimum Gasteiger partial charge on any atom is -0.365 e. The van der Waals surface area contributed by atoms with Crippen molar-refractivity contribution >= 4 is 11.7 Å². The first-order valence-corrected chi connectivity index (χ1v) is 11.4. The number of ether oxygens (including phenoxy) is 2. The van der Waals surface area contributed by atoms with Gasteiger partial charge in [0.15, 0.2) is 6.29 Å². The van der Waals surface area contributed by atoms with Crippen molar-refractivity contribution in [3.8, 4) is 0 Å². The molecule has 0 spiro atoms. The Morgan fingerprint density at radius 2 is 1.94 bits per heavy atom. The largest absolute Gasteiger partial charge is 0.365 e. The first-order chi connectivity index (χ1) is 15.7. The normalized spacial score (nSPS) is 20.5. The Bertz CT molecular complexity index is 1080. The van der Waals surface area contributed by atoms with Gasteiger partial charge in [0.2, 0.25) is 5.91 Å². The smallest absolute Gasteiger partial charge is 0.273 e. The third-order valence-corrected chi connectivity index (χ3v) is 6.57. The maximum Gasteiger partial charge on any atom is 0.273 e. The maximum absolute atomic E-state index is 14.2. The average molecular weight is 459 g/mol. The lowest BCUT2D eigenvalue weighted by Gasteiger charge is -2.20. The van der Waals surface area contributed by atoms with Crippen LogP contribution in [0.25, 0.3) is 0 Å². The van der Waals surface area contributed by atoms with Crippen molar-refractivity contribution in [2.75, 3.05) is 18.5 Å². The van der Waals surface area contributed by atoms with Crippen LogP contribution in [0.3, 0.4) is 0 Å². The van der Waals surface area contributed by atoms with Gasteiger partial charge in [-0.1, -0.05) is 18.2 Å². The molecule has 1 aromatic carbocycles. The Hall–Kier alpha value is -2.65. The van der Waals surface area contributed by atoms with E-state index in [2.05, 4.69) is 20.6 Å². The number of nitrogens with zero attached hydrogens (tertiary/aromatic N) is 2. The summed E-state index contributed by atoms with van der Waals surface area (Å²) in [6.45, 7) is 4.97. The number of aryl methyl sites for hydroxylation is 1. The number of halogens is 2. The summed E-state index contributed by atoms with van der Waals surface area (Å²) in [5.74, 6) is -1.89. The monoisotopic (exact) mass is 458 g/mol. The zero-order chi connectivity index (χ0) is 23.2. The van der Waals surface area contributed by atoms with Crippen molar-refractivity contribution in [3.63, 3.8) is 0 Å². The summed E-state index contributed by atoms with van der Waals surface area (Å²) in [6, 6.07) is 5.02. The number of rotatable bonds is 7. The van der Waals surface area contributed by atoms with Gasteiger partial charge in [-0.05, 0) is 44.2 Å². The topological polar surface area (TPSA) is 85.4 Å². The van der Waals surface area contributed by atoms with Crippen LogP contribution in [0, 0.1) is 6.92 Å². The average Bonchev–Trinajstić information content (AvgIpc) is 3.12. The predicted octanol–water partition coefficient (Wildman–Crippen LogP) is 3.69. The predicted molar refractivity (Wildman–Crippen MR) is 117 cm³/mol. The van der Waals surface area contributed by atoms with E-state index in [4.69, 9.17) is 9.47 Å². The van der Waals surface area contributed by atoms with Crippen LogP contribution in [0.5, 0.6) is 0 Å². The minimum atomic E-state index is -2.79. The molecule has 1 saturated heterocycles. The van der Waals surface area contributed by atoms with E-state index in [0.29, 0.717) is 54.6 Å². The number of benzene rings is 1. The van der Waals surface area contributed by atoms with Crippen LogP contribution in [0.2, 0.25) is 0 Å². The van der Waals surface area contributed by atoms with Crippen LogP contribution in [0.4, 0.5) is 14.6 Å². The summed E-state index contributed by atoms with van der Waals surface area (Å²) >= 11 is 0. The number of carbonyl (C=O) groups is 1. The molecule has 0 unspecified atom stereocenters. The molecule has 5 rings (SSSR count). The molecule has 2 aromatic rings. The highest BCUT2D eigenvalue weighted by Crippen LogP contribution is 2.43. The number of aromatic nitrogens is 2. The second-order valence-electron chi connectivity index (χ2n) is 9.34. The Morgan fingerprint density at radius 1 is 1.18 bits per heavy atom. The van der Waals surface area contributed by atoms with Crippen LogP contribution < -0.4 is 10.6 Å². The second kappa shape index (κ2) is 8.29. The van der Waals surface area contributed by atoms with Gasteiger partial charge in [0, 0.05) is 24.1 Å². The first kappa shape index (κ1) is 22.2. The standard InChI is InChI=1S/C24H28F2N4O3/c1-14-28-18(12-19(31)30-23(2)8-9-23)20(22-32-10-11-33-22)21(29-14)27-13-15-4-3-5-17-16(15)6-7-24(17,25)26/h3-5,22H,6-13H2,1-2H3,(H,30,31)(H,27,28,29). The van der Waals surface area contributed by atoms with Crippen molar-refractivity contribution in [2.45, 2.75) is 70.2 Å². The number of amides is 1. The molecule has 7 nitrogen and oxygen atoms in total. The van der Waals surface area contributed by atoms with E-state index in [1.165, 1.54) is 6.07 Å². The molecule has 1 saturated carbocycles. The molecule has 1 amide bonds. The van der Waals surface area contributed by atoms with E-state index in [1.807, 2.05) is 13.0 Å². The second-order valence-corrected chi connectivity index (χ2v) is 9.34. The maximum atomic E-state index is 14.2. The molecule has 33 heavy (non-hydrogen) atoms. The van der Waals surface area contributed by atoms with Gasteiger partial charge in [0.25, 0.3) is 5.92 Å². The fraction of sp³-hybridized carbons (Fsp3) is 0.542. The molecule has 0 radical (unpaired) electrons. The van der Waals surface area contributed by atoms with Gasteiger partial charge in [-0.2, -0.15) is 0 Å². The highest BCUT2D eigenvalue weighted by molar-refractivity contribution is 5.80. The molecule has 2 heterocycles. The van der Waals surface area contributed by atoms with Gasteiger partial charge >= 0.3 is 0 Å². The van der Waals surface area contributed by atoms with E-state index in [9.17, 15) is 13.6 Å². The Kier molecular flexibility index (Phi) is 5.56. The third kappa shape index (κ3) is 4.56. The van der Waals surface area contributed by atoms with Crippen LogP contribution in [0.1, 0.15) is 66.2 Å². The van der Waals surface area contributed by atoms with Gasteiger partial charge < -0.3 is 20.1 Å². The van der Waals surface area contributed by atoms with Crippen LogP contribution in [0.15, 0.2) is 18.2 Å². The lowest BCUT2D eigenvalue weighted by molar-refractivity contribution is -0.121. The fourth-order valence-electron chi connectivity index (χ4n) is 4.56. The summed E-state index contributed by atoms with van der Waals surface area (Å²) in [5.41, 5.74) is 2.61. The molecule has 1 aliphatic heterocycles. The van der Waals surface area contributed by atoms with E-state index in [1.54, 1.807) is 13.0 Å². The zero-order valence-corrected chi connectivity index (χ0v) is 18.8.